The molecular formula is C29H32O7. The number of hydrogen-bond acceptors (Lipinski definition) is 7. The SMILES string of the molecule is CCC(=O)OCCCCCCCOc1ccc2cc(C(=O)Oc3ccc(C(=O)OC)cc3)ccc2c1. The van der Waals surface area contributed by atoms with Gasteiger partial charge in [-0.25, -0.2) is 9.59 Å². The van der Waals surface area contributed by atoms with E-state index < -0.39 is 11.9 Å². The lowest BCUT2D eigenvalue weighted by Gasteiger charge is -2.09. The fourth-order valence-electron chi connectivity index (χ4n) is 3.60. The van der Waals surface area contributed by atoms with Crippen molar-refractivity contribution in [2.24, 2.45) is 0 Å². The normalized spacial score (nSPS) is 10.6. The van der Waals surface area contributed by atoms with Crippen molar-refractivity contribution in [3.8, 4) is 11.5 Å². The third-order valence-corrected chi connectivity index (χ3v) is 5.64. The van der Waals surface area contributed by atoms with Crippen LogP contribution in [0.1, 0.15) is 66.2 Å². The lowest BCUT2D eigenvalue weighted by molar-refractivity contribution is -0.143. The average Bonchev–Trinajstić information content (AvgIpc) is 2.91. The summed E-state index contributed by atoms with van der Waals surface area (Å²) in [6, 6.07) is 17.3. The summed E-state index contributed by atoms with van der Waals surface area (Å²) in [5.74, 6) is 0.0611. The Morgan fingerprint density at radius 3 is 2.00 bits per heavy atom. The number of hydrogen-bond donors (Lipinski definition) is 0. The van der Waals surface area contributed by atoms with Crippen molar-refractivity contribution >= 4 is 28.7 Å². The Balaban J connectivity index is 1.43. The Morgan fingerprint density at radius 1 is 0.667 bits per heavy atom. The predicted octanol–water partition coefficient (Wildman–Crippen LogP) is 6.13. The molecule has 0 atom stereocenters. The molecule has 0 N–H and O–H groups in total. The van der Waals surface area contributed by atoms with Crippen molar-refractivity contribution < 1.29 is 33.3 Å². The molecule has 0 aliphatic carbocycles. The third-order valence-electron chi connectivity index (χ3n) is 5.64. The van der Waals surface area contributed by atoms with Crippen LogP contribution in [0.3, 0.4) is 0 Å². The first-order valence-electron chi connectivity index (χ1n) is 12.2. The number of carbonyl (C=O) groups excluding carboxylic acids is 3. The van der Waals surface area contributed by atoms with Crippen LogP contribution in [0.4, 0.5) is 0 Å². The highest BCUT2D eigenvalue weighted by atomic mass is 16.5. The van der Waals surface area contributed by atoms with Crippen molar-refractivity contribution in [3.63, 3.8) is 0 Å². The molecule has 0 aromatic heterocycles. The number of rotatable bonds is 13. The first-order chi connectivity index (χ1) is 17.5. The molecule has 0 saturated carbocycles. The predicted molar refractivity (Wildman–Crippen MR) is 137 cm³/mol. The highest BCUT2D eigenvalue weighted by molar-refractivity contribution is 5.97. The largest absolute Gasteiger partial charge is 0.494 e. The highest BCUT2D eigenvalue weighted by Crippen LogP contribution is 2.23. The van der Waals surface area contributed by atoms with Crippen molar-refractivity contribution in [1.82, 2.24) is 0 Å². The maximum Gasteiger partial charge on any atom is 0.343 e. The molecule has 0 heterocycles. The maximum absolute atomic E-state index is 12.6. The van der Waals surface area contributed by atoms with E-state index in [0.29, 0.717) is 36.5 Å². The van der Waals surface area contributed by atoms with E-state index in [1.165, 1.54) is 7.11 Å². The monoisotopic (exact) mass is 492 g/mol. The van der Waals surface area contributed by atoms with Gasteiger partial charge in [0, 0.05) is 6.42 Å². The second-order valence-corrected chi connectivity index (χ2v) is 8.32. The van der Waals surface area contributed by atoms with Gasteiger partial charge in [-0.1, -0.05) is 38.3 Å². The van der Waals surface area contributed by atoms with Gasteiger partial charge in [0.1, 0.15) is 11.5 Å². The van der Waals surface area contributed by atoms with Crippen molar-refractivity contribution in [2.45, 2.75) is 45.4 Å². The van der Waals surface area contributed by atoms with Crippen LogP contribution in [-0.4, -0.2) is 38.2 Å². The molecule has 7 nitrogen and oxygen atoms in total. The molecule has 3 aromatic rings. The lowest BCUT2D eigenvalue weighted by Crippen LogP contribution is -2.08. The molecule has 0 aliphatic rings. The summed E-state index contributed by atoms with van der Waals surface area (Å²) in [6.45, 7) is 2.93. The summed E-state index contributed by atoms with van der Waals surface area (Å²) in [7, 11) is 1.31. The minimum atomic E-state index is -0.480. The topological polar surface area (TPSA) is 88.1 Å². The molecule has 0 fully saturated rings. The molecule has 0 aliphatic heterocycles. The third kappa shape index (κ3) is 8.12. The maximum atomic E-state index is 12.6. The fraction of sp³-hybridized carbons (Fsp3) is 0.345. The molecule has 0 unspecified atom stereocenters. The summed E-state index contributed by atoms with van der Waals surface area (Å²) in [6.07, 6.45) is 5.46. The molecule has 0 spiro atoms. The Bertz CT molecular complexity index is 1170. The average molecular weight is 493 g/mol. The summed E-state index contributed by atoms with van der Waals surface area (Å²) in [5, 5.41) is 1.87. The van der Waals surface area contributed by atoms with Crippen LogP contribution in [-0.2, 0) is 14.3 Å². The van der Waals surface area contributed by atoms with E-state index in [2.05, 4.69) is 4.74 Å². The van der Waals surface area contributed by atoms with Crippen molar-refractivity contribution in [3.05, 3.63) is 71.8 Å². The van der Waals surface area contributed by atoms with E-state index in [1.54, 1.807) is 43.3 Å². The minimum absolute atomic E-state index is 0.140. The van der Waals surface area contributed by atoms with E-state index >= 15 is 0 Å². The van der Waals surface area contributed by atoms with E-state index in [4.69, 9.17) is 14.2 Å². The van der Waals surface area contributed by atoms with Crippen LogP contribution < -0.4 is 9.47 Å². The number of carbonyl (C=O) groups is 3. The van der Waals surface area contributed by atoms with E-state index in [-0.39, 0.29) is 5.97 Å². The van der Waals surface area contributed by atoms with Gasteiger partial charge in [-0.2, -0.15) is 0 Å². The van der Waals surface area contributed by atoms with Gasteiger partial charge in [-0.3, -0.25) is 4.79 Å². The number of fused-ring (bicyclic) bond motifs is 1. The van der Waals surface area contributed by atoms with Crippen LogP contribution in [0, 0.1) is 0 Å². The number of methoxy groups -OCH3 is 1. The zero-order valence-electron chi connectivity index (χ0n) is 20.8. The molecular weight excluding hydrogens is 460 g/mol. The molecule has 3 aromatic carbocycles. The van der Waals surface area contributed by atoms with Gasteiger partial charge in [-0.05, 0) is 72.1 Å². The number of ether oxygens (including phenoxy) is 4. The van der Waals surface area contributed by atoms with Crippen LogP contribution in [0.25, 0.3) is 10.8 Å². The second-order valence-electron chi connectivity index (χ2n) is 8.32. The van der Waals surface area contributed by atoms with Crippen LogP contribution in [0.15, 0.2) is 60.7 Å². The van der Waals surface area contributed by atoms with Crippen LogP contribution >= 0.6 is 0 Å². The molecule has 0 amide bonds. The molecule has 190 valence electrons. The Morgan fingerprint density at radius 2 is 1.28 bits per heavy atom. The van der Waals surface area contributed by atoms with Crippen molar-refractivity contribution in [2.75, 3.05) is 20.3 Å². The number of benzene rings is 3. The van der Waals surface area contributed by atoms with Crippen LogP contribution in [0.5, 0.6) is 11.5 Å². The zero-order chi connectivity index (χ0) is 25.8. The van der Waals surface area contributed by atoms with Gasteiger partial charge in [0.2, 0.25) is 0 Å². The van der Waals surface area contributed by atoms with Gasteiger partial charge in [0.05, 0.1) is 31.5 Å². The van der Waals surface area contributed by atoms with Gasteiger partial charge in [0.15, 0.2) is 0 Å². The van der Waals surface area contributed by atoms with Crippen LogP contribution in [0.2, 0.25) is 0 Å². The molecule has 0 saturated heterocycles. The minimum Gasteiger partial charge on any atom is -0.494 e. The molecule has 0 radical (unpaired) electrons. The summed E-state index contributed by atoms with van der Waals surface area (Å²) in [5.41, 5.74) is 0.811. The highest BCUT2D eigenvalue weighted by Gasteiger charge is 2.11. The Labute approximate surface area is 211 Å². The summed E-state index contributed by atoms with van der Waals surface area (Å²) >= 11 is 0. The lowest BCUT2D eigenvalue weighted by atomic mass is 10.1. The van der Waals surface area contributed by atoms with Gasteiger partial charge in [-0.15, -0.1) is 0 Å². The van der Waals surface area contributed by atoms with Gasteiger partial charge < -0.3 is 18.9 Å². The Hall–Kier alpha value is -3.87. The van der Waals surface area contributed by atoms with Gasteiger partial charge in [0.25, 0.3) is 0 Å². The first kappa shape index (κ1) is 26.7. The first-order valence-corrected chi connectivity index (χ1v) is 12.2. The fourth-order valence-corrected chi connectivity index (χ4v) is 3.60. The zero-order valence-corrected chi connectivity index (χ0v) is 20.8. The smallest absolute Gasteiger partial charge is 0.343 e. The second kappa shape index (κ2) is 13.9. The molecule has 0 bridgehead atoms. The number of esters is 3. The Kier molecular flexibility index (Phi) is 10.3. The van der Waals surface area contributed by atoms with E-state index in [1.807, 2.05) is 24.3 Å². The van der Waals surface area contributed by atoms with E-state index in [9.17, 15) is 14.4 Å². The van der Waals surface area contributed by atoms with Gasteiger partial charge >= 0.3 is 17.9 Å². The standard InChI is InChI=1S/C29H32O7/c1-3-27(30)35-18-8-6-4-5-7-17-34-26-16-13-22-19-24(10-9-23(22)20-26)29(32)36-25-14-11-21(12-15-25)28(31)33-2/h9-16,19-20H,3-8,17-18H2,1-2H3. The van der Waals surface area contributed by atoms with Crippen molar-refractivity contribution in [1.29, 1.82) is 0 Å². The number of unbranched alkanes of at least 4 members (excludes halogenated alkanes) is 4. The molecule has 7 heteroatoms. The summed E-state index contributed by atoms with van der Waals surface area (Å²) in [4.78, 5) is 35.2. The summed E-state index contributed by atoms with van der Waals surface area (Å²) < 4.78 is 21.0. The molecule has 36 heavy (non-hydrogen) atoms. The molecule has 3 rings (SSSR count). The quantitative estimate of drug-likeness (QED) is 0.161. The van der Waals surface area contributed by atoms with E-state index in [0.717, 1.165) is 48.6 Å².